The fraction of sp³-hybridized carbons (Fsp3) is 0.111. The second kappa shape index (κ2) is 4.28. The van der Waals surface area contributed by atoms with E-state index in [-0.39, 0.29) is 0 Å². The molecule has 0 atom stereocenters. The van der Waals surface area contributed by atoms with Gasteiger partial charge in [-0.3, -0.25) is 0 Å². The highest BCUT2D eigenvalue weighted by molar-refractivity contribution is 5.79. The summed E-state index contributed by atoms with van der Waals surface area (Å²) in [6.07, 6.45) is 1.63. The zero-order chi connectivity index (χ0) is 8.81. The summed E-state index contributed by atoms with van der Waals surface area (Å²) in [7, 11) is 1.63. The molecule has 3 heteroatoms. The van der Waals surface area contributed by atoms with Crippen LogP contribution in [0.15, 0.2) is 34.5 Å². The van der Waals surface area contributed by atoms with E-state index in [0.717, 1.165) is 11.3 Å². The van der Waals surface area contributed by atoms with E-state index in [1.165, 1.54) is 0 Å². The Morgan fingerprint density at radius 3 is 2.50 bits per heavy atom. The summed E-state index contributed by atoms with van der Waals surface area (Å²) in [5.74, 6) is 0.832. The molecule has 0 N–H and O–H groups in total. The van der Waals surface area contributed by atoms with Crippen molar-refractivity contribution in [2.45, 2.75) is 0 Å². The van der Waals surface area contributed by atoms with Gasteiger partial charge in [0.1, 0.15) is 5.75 Å². The first-order chi connectivity index (χ1) is 5.86. The molecule has 62 valence electrons. The summed E-state index contributed by atoms with van der Waals surface area (Å²) in [6, 6.07) is 7.52. The van der Waals surface area contributed by atoms with E-state index >= 15 is 0 Å². The Balaban J connectivity index is 2.77. The maximum atomic E-state index is 4.99. The van der Waals surface area contributed by atoms with Crippen LogP contribution in [0.3, 0.4) is 0 Å². The molecular weight excluding hydrogens is 152 g/mol. The monoisotopic (exact) mass is 162 g/mol. The molecule has 0 heterocycles. The van der Waals surface area contributed by atoms with Crippen LogP contribution < -0.4 is 4.74 Å². The highest BCUT2D eigenvalue weighted by Crippen LogP contribution is 2.09. The summed E-state index contributed by atoms with van der Waals surface area (Å²) in [5, 5.41) is 7.01. The van der Waals surface area contributed by atoms with Crippen molar-refractivity contribution in [3.8, 4) is 5.75 Å². The molecule has 1 rings (SSSR count). The Bertz CT molecular complexity index is 277. The third kappa shape index (κ3) is 2.20. The fourth-order valence-electron chi connectivity index (χ4n) is 0.797. The number of ether oxygens (including phenoxy) is 1. The number of methoxy groups -OCH3 is 1. The molecule has 0 aliphatic carbocycles. The lowest BCUT2D eigenvalue weighted by Crippen LogP contribution is -1.83. The maximum absolute atomic E-state index is 4.99. The zero-order valence-electron chi connectivity index (χ0n) is 6.90. The van der Waals surface area contributed by atoms with E-state index in [1.54, 1.807) is 13.3 Å². The Kier molecular flexibility index (Phi) is 3.02. The van der Waals surface area contributed by atoms with Gasteiger partial charge in [-0.25, -0.2) is 0 Å². The highest BCUT2D eigenvalue weighted by atomic mass is 16.5. The molecular formula is C9H10N2O. The molecule has 0 amide bonds. The van der Waals surface area contributed by atoms with Crippen molar-refractivity contribution in [1.82, 2.24) is 0 Å². The largest absolute Gasteiger partial charge is 0.497 e. The van der Waals surface area contributed by atoms with E-state index in [9.17, 15) is 0 Å². The second-order valence-electron chi connectivity index (χ2n) is 2.16. The average Bonchev–Trinajstić information content (AvgIpc) is 2.15. The number of rotatable bonds is 3. The third-order valence-electron chi connectivity index (χ3n) is 1.40. The average molecular weight is 162 g/mol. The molecule has 1 aromatic carbocycles. The highest BCUT2D eigenvalue weighted by Gasteiger charge is 1.89. The molecule has 0 aliphatic rings. The fourth-order valence-corrected chi connectivity index (χ4v) is 0.797. The molecule has 0 fully saturated rings. The van der Waals surface area contributed by atoms with Crippen molar-refractivity contribution in [3.63, 3.8) is 0 Å². The Hall–Kier alpha value is -1.64. The molecule has 1 aromatic rings. The Morgan fingerprint density at radius 2 is 2.00 bits per heavy atom. The van der Waals surface area contributed by atoms with Crippen molar-refractivity contribution in [2.75, 3.05) is 7.11 Å². The predicted octanol–water partition coefficient (Wildman–Crippen LogP) is 1.73. The zero-order valence-corrected chi connectivity index (χ0v) is 6.90. The van der Waals surface area contributed by atoms with Gasteiger partial charge >= 0.3 is 0 Å². The van der Waals surface area contributed by atoms with Gasteiger partial charge in [-0.15, -0.1) is 0 Å². The minimum Gasteiger partial charge on any atom is -0.497 e. The van der Waals surface area contributed by atoms with Crippen molar-refractivity contribution < 1.29 is 4.74 Å². The molecule has 12 heavy (non-hydrogen) atoms. The van der Waals surface area contributed by atoms with Crippen molar-refractivity contribution in [1.29, 1.82) is 0 Å². The first kappa shape index (κ1) is 8.46. The summed E-state index contributed by atoms with van der Waals surface area (Å²) in [6.45, 7) is 3.24. The van der Waals surface area contributed by atoms with Gasteiger partial charge in [0.25, 0.3) is 0 Å². The lowest BCUT2D eigenvalue weighted by Gasteiger charge is -1.97. The number of hydrogen-bond acceptors (Lipinski definition) is 3. The maximum Gasteiger partial charge on any atom is 0.118 e. The van der Waals surface area contributed by atoms with Crippen LogP contribution in [0.2, 0.25) is 0 Å². The van der Waals surface area contributed by atoms with Crippen molar-refractivity contribution in [3.05, 3.63) is 29.8 Å². The van der Waals surface area contributed by atoms with Crippen LogP contribution in [0.1, 0.15) is 5.56 Å². The summed E-state index contributed by atoms with van der Waals surface area (Å²) >= 11 is 0. The quantitative estimate of drug-likeness (QED) is 0.492. The lowest BCUT2D eigenvalue weighted by atomic mass is 10.2. The first-order valence-electron chi connectivity index (χ1n) is 3.50. The van der Waals surface area contributed by atoms with Crippen molar-refractivity contribution >= 4 is 12.9 Å². The van der Waals surface area contributed by atoms with Gasteiger partial charge in [-0.2, -0.15) is 10.2 Å². The summed E-state index contributed by atoms with van der Waals surface area (Å²) < 4.78 is 4.99. The normalized spacial score (nSPS) is 10.1. The first-order valence-corrected chi connectivity index (χ1v) is 3.50. The van der Waals surface area contributed by atoms with Crippen LogP contribution >= 0.6 is 0 Å². The minimum atomic E-state index is 0.832. The molecule has 0 aromatic heterocycles. The van der Waals surface area contributed by atoms with E-state index in [2.05, 4.69) is 16.9 Å². The second-order valence-corrected chi connectivity index (χ2v) is 2.16. The van der Waals surface area contributed by atoms with Crippen LogP contribution in [-0.4, -0.2) is 20.0 Å². The molecule has 0 bridgehead atoms. The number of nitrogens with zero attached hydrogens (tertiary/aromatic N) is 2. The third-order valence-corrected chi connectivity index (χ3v) is 1.40. The van der Waals surface area contributed by atoms with Gasteiger partial charge in [0.2, 0.25) is 0 Å². The van der Waals surface area contributed by atoms with E-state index in [0.29, 0.717) is 0 Å². The van der Waals surface area contributed by atoms with E-state index < -0.39 is 0 Å². The lowest BCUT2D eigenvalue weighted by molar-refractivity contribution is 0.415. The van der Waals surface area contributed by atoms with Gasteiger partial charge in [-0.05, 0) is 29.8 Å². The van der Waals surface area contributed by atoms with Gasteiger partial charge in [0.15, 0.2) is 0 Å². The van der Waals surface area contributed by atoms with Gasteiger partial charge in [0, 0.05) is 6.72 Å². The van der Waals surface area contributed by atoms with Crippen LogP contribution in [0.5, 0.6) is 5.75 Å². The smallest absolute Gasteiger partial charge is 0.118 e. The molecule has 0 saturated heterocycles. The van der Waals surface area contributed by atoms with Crippen LogP contribution in [0.25, 0.3) is 0 Å². The molecule has 0 radical (unpaired) electrons. The van der Waals surface area contributed by atoms with E-state index in [4.69, 9.17) is 4.74 Å². The summed E-state index contributed by atoms with van der Waals surface area (Å²) in [4.78, 5) is 0. The topological polar surface area (TPSA) is 34.0 Å². The van der Waals surface area contributed by atoms with Crippen LogP contribution in [-0.2, 0) is 0 Å². The van der Waals surface area contributed by atoms with Crippen molar-refractivity contribution in [2.24, 2.45) is 10.2 Å². The minimum absolute atomic E-state index is 0.832. The number of hydrogen-bond donors (Lipinski definition) is 0. The Labute approximate surface area is 71.4 Å². The van der Waals surface area contributed by atoms with Gasteiger partial charge in [-0.1, -0.05) is 0 Å². The SMILES string of the molecule is C=NN=Cc1ccc(OC)cc1. The molecule has 0 spiro atoms. The number of benzene rings is 1. The van der Waals surface area contributed by atoms with E-state index in [1.807, 2.05) is 24.3 Å². The van der Waals surface area contributed by atoms with Gasteiger partial charge < -0.3 is 4.74 Å². The summed E-state index contributed by atoms with van der Waals surface area (Å²) in [5.41, 5.74) is 0.975. The standard InChI is InChI=1S/C9H10N2O/c1-10-11-7-8-3-5-9(12-2)6-4-8/h3-7H,1H2,2H3. The van der Waals surface area contributed by atoms with Crippen LogP contribution in [0, 0.1) is 0 Å². The molecule has 3 nitrogen and oxygen atoms in total. The van der Waals surface area contributed by atoms with Crippen LogP contribution in [0.4, 0.5) is 0 Å². The molecule has 0 unspecified atom stereocenters. The van der Waals surface area contributed by atoms with Gasteiger partial charge in [0.05, 0.1) is 13.3 Å². The molecule has 0 saturated carbocycles. The predicted molar refractivity (Wildman–Crippen MR) is 50.1 cm³/mol. The Morgan fingerprint density at radius 1 is 1.33 bits per heavy atom. The molecule has 0 aliphatic heterocycles.